The Morgan fingerprint density at radius 1 is 1.33 bits per heavy atom. The average molecular weight is 211 g/mol. The lowest BCUT2D eigenvalue weighted by atomic mass is 10.4. The molecule has 1 heterocycles. The van der Waals surface area contributed by atoms with E-state index in [1.807, 2.05) is 0 Å². The zero-order valence-corrected chi connectivity index (χ0v) is 9.14. The van der Waals surface area contributed by atoms with Crippen molar-refractivity contribution in [1.82, 2.24) is 9.97 Å². The van der Waals surface area contributed by atoms with Gasteiger partial charge in [0, 0.05) is 20.2 Å². The van der Waals surface area contributed by atoms with E-state index in [9.17, 15) is 4.79 Å². The Bertz CT molecular complexity index is 366. The van der Waals surface area contributed by atoms with Crippen molar-refractivity contribution in [3.05, 3.63) is 11.8 Å². The SMILES string of the molecule is COC(=O)c1cc(OC)nc(N(C)C)n1. The van der Waals surface area contributed by atoms with E-state index in [4.69, 9.17) is 4.74 Å². The lowest BCUT2D eigenvalue weighted by Gasteiger charge is -2.11. The zero-order valence-electron chi connectivity index (χ0n) is 9.14. The van der Waals surface area contributed by atoms with Crippen molar-refractivity contribution < 1.29 is 14.3 Å². The monoisotopic (exact) mass is 211 g/mol. The van der Waals surface area contributed by atoms with Gasteiger partial charge in [0.05, 0.1) is 14.2 Å². The molecule has 0 aromatic carbocycles. The Kier molecular flexibility index (Phi) is 3.43. The molecule has 0 atom stereocenters. The molecule has 0 N–H and O–H groups in total. The standard InChI is InChI=1S/C9H13N3O3/c1-12(2)9-10-6(8(13)15-4)5-7(11-9)14-3/h5H,1-4H3. The van der Waals surface area contributed by atoms with Gasteiger partial charge < -0.3 is 14.4 Å². The highest BCUT2D eigenvalue weighted by Gasteiger charge is 2.13. The molecule has 15 heavy (non-hydrogen) atoms. The number of carbonyl (C=O) groups excluding carboxylic acids is 1. The minimum Gasteiger partial charge on any atom is -0.481 e. The minimum atomic E-state index is -0.515. The summed E-state index contributed by atoms with van der Waals surface area (Å²) in [4.78, 5) is 21.0. The van der Waals surface area contributed by atoms with E-state index in [0.29, 0.717) is 11.8 Å². The van der Waals surface area contributed by atoms with Crippen LogP contribution < -0.4 is 9.64 Å². The zero-order chi connectivity index (χ0) is 11.4. The minimum absolute atomic E-state index is 0.174. The van der Waals surface area contributed by atoms with Gasteiger partial charge in [-0.1, -0.05) is 0 Å². The van der Waals surface area contributed by atoms with Crippen molar-refractivity contribution in [2.45, 2.75) is 0 Å². The molecule has 0 radical (unpaired) electrons. The van der Waals surface area contributed by atoms with Gasteiger partial charge in [-0.2, -0.15) is 4.98 Å². The first-order valence-electron chi connectivity index (χ1n) is 4.27. The fraction of sp³-hybridized carbons (Fsp3) is 0.444. The van der Waals surface area contributed by atoms with Gasteiger partial charge in [-0.05, 0) is 0 Å². The van der Waals surface area contributed by atoms with E-state index < -0.39 is 5.97 Å². The van der Waals surface area contributed by atoms with Crippen LogP contribution in [0.4, 0.5) is 5.95 Å². The van der Waals surface area contributed by atoms with Crippen LogP contribution in [0.5, 0.6) is 5.88 Å². The number of ether oxygens (including phenoxy) is 2. The van der Waals surface area contributed by atoms with Crippen LogP contribution in [-0.4, -0.2) is 44.3 Å². The van der Waals surface area contributed by atoms with Crippen LogP contribution in [0.3, 0.4) is 0 Å². The third kappa shape index (κ3) is 2.55. The van der Waals surface area contributed by atoms with Gasteiger partial charge in [0.1, 0.15) is 0 Å². The third-order valence-corrected chi connectivity index (χ3v) is 1.69. The van der Waals surface area contributed by atoms with Crippen LogP contribution in [0, 0.1) is 0 Å². The van der Waals surface area contributed by atoms with Crippen LogP contribution in [0.1, 0.15) is 10.5 Å². The van der Waals surface area contributed by atoms with Crippen molar-refractivity contribution in [1.29, 1.82) is 0 Å². The van der Waals surface area contributed by atoms with Gasteiger partial charge in [-0.3, -0.25) is 0 Å². The van der Waals surface area contributed by atoms with Gasteiger partial charge >= 0.3 is 5.97 Å². The Morgan fingerprint density at radius 3 is 2.47 bits per heavy atom. The van der Waals surface area contributed by atoms with Crippen LogP contribution in [-0.2, 0) is 4.74 Å². The van der Waals surface area contributed by atoms with Crippen LogP contribution in [0.25, 0.3) is 0 Å². The number of methoxy groups -OCH3 is 2. The van der Waals surface area contributed by atoms with Gasteiger partial charge in [0.15, 0.2) is 5.69 Å². The molecule has 0 saturated heterocycles. The summed E-state index contributed by atoms with van der Waals surface area (Å²) < 4.78 is 9.52. The van der Waals surface area contributed by atoms with Gasteiger partial charge in [-0.25, -0.2) is 9.78 Å². The molecule has 1 rings (SSSR count). The number of carbonyl (C=O) groups is 1. The van der Waals surface area contributed by atoms with Crippen molar-refractivity contribution >= 4 is 11.9 Å². The van der Waals surface area contributed by atoms with Gasteiger partial charge in [-0.15, -0.1) is 0 Å². The highest BCUT2D eigenvalue weighted by Crippen LogP contribution is 2.14. The first-order chi connectivity index (χ1) is 7.08. The topological polar surface area (TPSA) is 64.6 Å². The molecule has 1 aromatic rings. The van der Waals surface area contributed by atoms with E-state index >= 15 is 0 Å². The van der Waals surface area contributed by atoms with Crippen LogP contribution >= 0.6 is 0 Å². The molecule has 0 bridgehead atoms. The maximum Gasteiger partial charge on any atom is 0.357 e. The number of anilines is 1. The van der Waals surface area contributed by atoms with E-state index in [1.54, 1.807) is 19.0 Å². The molecule has 6 nitrogen and oxygen atoms in total. The summed E-state index contributed by atoms with van der Waals surface area (Å²) in [6, 6.07) is 1.43. The third-order valence-electron chi connectivity index (χ3n) is 1.69. The number of hydrogen-bond donors (Lipinski definition) is 0. The number of aromatic nitrogens is 2. The number of hydrogen-bond acceptors (Lipinski definition) is 6. The van der Waals surface area contributed by atoms with Crippen molar-refractivity contribution in [2.24, 2.45) is 0 Å². The van der Waals surface area contributed by atoms with Crippen LogP contribution in [0.15, 0.2) is 6.07 Å². The molecule has 0 saturated carbocycles. The fourth-order valence-corrected chi connectivity index (χ4v) is 0.927. The highest BCUT2D eigenvalue weighted by molar-refractivity contribution is 5.87. The largest absolute Gasteiger partial charge is 0.481 e. The number of rotatable bonds is 3. The van der Waals surface area contributed by atoms with Crippen molar-refractivity contribution in [3.63, 3.8) is 0 Å². The normalized spacial score (nSPS) is 9.60. The molecule has 6 heteroatoms. The molecule has 82 valence electrons. The molecule has 0 aliphatic rings. The van der Waals surface area contributed by atoms with Crippen molar-refractivity contribution in [2.75, 3.05) is 33.2 Å². The van der Waals surface area contributed by atoms with E-state index in [0.717, 1.165) is 0 Å². The quantitative estimate of drug-likeness (QED) is 0.672. The lowest BCUT2D eigenvalue weighted by molar-refractivity contribution is 0.0593. The van der Waals surface area contributed by atoms with Gasteiger partial charge in [0.2, 0.25) is 11.8 Å². The molecule has 0 spiro atoms. The second kappa shape index (κ2) is 4.59. The summed E-state index contributed by atoms with van der Waals surface area (Å²) in [5.41, 5.74) is 0.174. The maximum absolute atomic E-state index is 11.3. The van der Waals surface area contributed by atoms with Gasteiger partial charge in [0.25, 0.3) is 0 Å². The molecular weight excluding hydrogens is 198 g/mol. The summed E-state index contributed by atoms with van der Waals surface area (Å²) in [7, 11) is 6.32. The van der Waals surface area contributed by atoms with E-state index in [-0.39, 0.29) is 5.69 Å². The summed E-state index contributed by atoms with van der Waals surface area (Å²) in [6.45, 7) is 0. The van der Waals surface area contributed by atoms with Crippen molar-refractivity contribution in [3.8, 4) is 5.88 Å². The Labute approximate surface area is 87.8 Å². The number of nitrogens with zero attached hydrogens (tertiary/aromatic N) is 3. The Hall–Kier alpha value is -1.85. The Balaban J connectivity index is 3.17. The summed E-state index contributed by atoms with van der Waals surface area (Å²) >= 11 is 0. The second-order valence-electron chi connectivity index (χ2n) is 2.98. The average Bonchev–Trinajstić information content (AvgIpc) is 2.27. The second-order valence-corrected chi connectivity index (χ2v) is 2.98. The molecule has 0 unspecified atom stereocenters. The smallest absolute Gasteiger partial charge is 0.357 e. The molecule has 0 aliphatic heterocycles. The first-order valence-corrected chi connectivity index (χ1v) is 4.27. The first kappa shape index (κ1) is 11.2. The molecular formula is C9H13N3O3. The van der Waals surface area contributed by atoms with E-state index in [1.165, 1.54) is 20.3 Å². The fourth-order valence-electron chi connectivity index (χ4n) is 0.927. The molecule has 0 fully saturated rings. The van der Waals surface area contributed by atoms with Crippen LogP contribution in [0.2, 0.25) is 0 Å². The molecule has 0 amide bonds. The Morgan fingerprint density at radius 2 is 2.00 bits per heavy atom. The molecule has 0 aliphatic carbocycles. The molecule has 1 aromatic heterocycles. The highest BCUT2D eigenvalue weighted by atomic mass is 16.5. The summed E-state index contributed by atoms with van der Waals surface area (Å²) in [5, 5.41) is 0. The summed E-state index contributed by atoms with van der Waals surface area (Å²) in [6.07, 6.45) is 0. The summed E-state index contributed by atoms with van der Waals surface area (Å²) in [5.74, 6) is 0.211. The predicted molar refractivity (Wildman–Crippen MR) is 54.3 cm³/mol. The number of esters is 1. The van der Waals surface area contributed by atoms with E-state index in [2.05, 4.69) is 14.7 Å². The predicted octanol–water partition coefficient (Wildman–Crippen LogP) is 0.338. The maximum atomic E-state index is 11.3. The lowest BCUT2D eigenvalue weighted by Crippen LogP contribution is -2.16.